The molecule has 69 heavy (non-hydrogen) atoms. The van der Waals surface area contributed by atoms with E-state index >= 15 is 0 Å². The minimum Gasteiger partial charge on any atom is -0.479 e. The molecule has 0 bridgehead atoms. The van der Waals surface area contributed by atoms with Crippen molar-refractivity contribution in [3.05, 3.63) is 0 Å². The van der Waals surface area contributed by atoms with Gasteiger partial charge in [0.05, 0.1) is 32.0 Å². The lowest BCUT2D eigenvalue weighted by molar-refractivity contribution is -0.408. The van der Waals surface area contributed by atoms with Crippen LogP contribution in [0.25, 0.3) is 0 Å². The van der Waals surface area contributed by atoms with Gasteiger partial charge in [0.2, 0.25) is 5.91 Å². The first-order chi connectivity index (χ1) is 32.4. The largest absolute Gasteiger partial charge is 0.479 e. The Kier molecular flexibility index (Phi) is 19.0. The van der Waals surface area contributed by atoms with Gasteiger partial charge in [0, 0.05) is 6.92 Å². The molecule has 6 aliphatic rings. The molecule has 0 aromatic rings. The molecule has 0 unspecified atom stereocenters. The van der Waals surface area contributed by atoms with Gasteiger partial charge in [0.25, 0.3) is 0 Å². The number of rotatable bonds is 15. The van der Waals surface area contributed by atoms with E-state index in [1.807, 2.05) is 0 Å². The maximum Gasteiger partial charge on any atom is 0.335 e. The minimum absolute atomic E-state index is 0.789. The summed E-state index contributed by atoms with van der Waals surface area (Å²) in [5, 5.41) is 185. The van der Waals surface area contributed by atoms with Crippen LogP contribution in [0.3, 0.4) is 0 Å². The Hall–Kier alpha value is -2.14. The first-order valence-electron chi connectivity index (χ1n) is 21.8. The molecule has 6 rings (SSSR count). The predicted octanol–water partition coefficient (Wildman–Crippen LogP) is -11.8. The summed E-state index contributed by atoms with van der Waals surface area (Å²) in [4.78, 5) is 24.4. The third kappa shape index (κ3) is 11.6. The van der Waals surface area contributed by atoms with Crippen LogP contribution in [-0.2, 0) is 61.7 Å². The van der Waals surface area contributed by atoms with Crippen molar-refractivity contribution < 1.29 is 149 Å². The van der Waals surface area contributed by atoms with Crippen LogP contribution in [0.5, 0.6) is 0 Å². The number of carbonyl (C=O) groups is 2. The fraction of sp³-hybridized carbons (Fsp3) is 0.947. The van der Waals surface area contributed by atoms with Crippen LogP contribution in [-0.4, -0.2) is 303 Å². The number of amides is 1. The second-order valence-corrected chi connectivity index (χ2v) is 17.5. The van der Waals surface area contributed by atoms with E-state index in [4.69, 9.17) is 52.1 Å². The molecule has 400 valence electrons. The lowest BCUT2D eigenvalue weighted by atomic mass is 9.94. The molecule has 0 spiro atoms. The van der Waals surface area contributed by atoms with Crippen LogP contribution in [0.4, 0.5) is 0 Å². The Balaban J connectivity index is 1.35. The highest BCUT2D eigenvalue weighted by Gasteiger charge is 2.59. The van der Waals surface area contributed by atoms with Crippen molar-refractivity contribution in [1.29, 1.82) is 0 Å². The number of carbonyl (C=O) groups excluding carboxylic acids is 1. The molecule has 6 heterocycles. The zero-order valence-corrected chi connectivity index (χ0v) is 36.9. The second kappa shape index (κ2) is 23.4. The van der Waals surface area contributed by atoms with Crippen LogP contribution in [0, 0.1) is 0 Å². The van der Waals surface area contributed by atoms with Crippen molar-refractivity contribution in [2.45, 2.75) is 205 Å². The number of aliphatic carboxylic acids is 1. The Morgan fingerprint density at radius 2 is 0.826 bits per heavy atom. The second-order valence-electron chi connectivity index (χ2n) is 17.5. The van der Waals surface area contributed by atoms with Gasteiger partial charge in [-0.2, -0.15) is 0 Å². The normalized spacial score (nSPS) is 52.0. The molecule has 6 saturated heterocycles. The van der Waals surface area contributed by atoms with E-state index in [2.05, 4.69) is 5.32 Å². The molecule has 0 radical (unpaired) electrons. The summed E-state index contributed by atoms with van der Waals surface area (Å²) < 4.78 is 62.8. The lowest BCUT2D eigenvalue weighted by Crippen LogP contribution is -2.70. The number of carboxylic acid groups (broad SMARTS) is 1. The minimum atomic E-state index is -2.38. The zero-order chi connectivity index (χ0) is 51.1. The highest BCUT2D eigenvalue weighted by molar-refractivity contribution is 5.73. The van der Waals surface area contributed by atoms with Gasteiger partial charge in [-0.05, 0) is 13.8 Å². The molecule has 1 amide bonds. The van der Waals surface area contributed by atoms with Gasteiger partial charge in [-0.15, -0.1) is 0 Å². The highest BCUT2D eigenvalue weighted by atomic mass is 16.8. The summed E-state index contributed by atoms with van der Waals surface area (Å²) in [5.41, 5.74) is 0. The fourth-order valence-corrected chi connectivity index (χ4v) is 8.73. The molecule has 6 fully saturated rings. The summed E-state index contributed by atoms with van der Waals surface area (Å²) in [6, 6.07) is -1.66. The van der Waals surface area contributed by atoms with Crippen molar-refractivity contribution >= 4 is 11.9 Å². The highest BCUT2D eigenvalue weighted by Crippen LogP contribution is 2.38. The van der Waals surface area contributed by atoms with Crippen LogP contribution in [0.1, 0.15) is 20.8 Å². The maximum atomic E-state index is 12.2. The van der Waals surface area contributed by atoms with Gasteiger partial charge >= 0.3 is 5.97 Å². The molecule has 0 aliphatic carbocycles. The molecule has 31 heteroatoms. The maximum absolute atomic E-state index is 12.2. The van der Waals surface area contributed by atoms with Crippen molar-refractivity contribution in [1.82, 2.24) is 5.32 Å². The quantitative estimate of drug-likeness (QED) is 0.0724. The number of ether oxygens (including phenoxy) is 11. The Bertz CT molecular complexity index is 1670. The van der Waals surface area contributed by atoms with E-state index in [1.165, 1.54) is 13.8 Å². The summed E-state index contributed by atoms with van der Waals surface area (Å²) in [6.45, 7) is 0.467. The van der Waals surface area contributed by atoms with E-state index in [0.29, 0.717) is 0 Å². The number of aliphatic hydroxyl groups excluding tert-OH is 16. The smallest absolute Gasteiger partial charge is 0.335 e. The zero-order valence-electron chi connectivity index (χ0n) is 36.9. The van der Waals surface area contributed by atoms with Gasteiger partial charge in [0.15, 0.2) is 43.8 Å². The molecule has 0 saturated carbocycles. The predicted molar refractivity (Wildman–Crippen MR) is 208 cm³/mol. The van der Waals surface area contributed by atoms with Crippen LogP contribution in [0.2, 0.25) is 0 Å². The number of hydrogen-bond acceptors (Lipinski definition) is 29. The van der Waals surface area contributed by atoms with E-state index in [0.717, 1.165) is 6.92 Å². The van der Waals surface area contributed by atoms with E-state index in [-0.39, 0.29) is 0 Å². The molecular formula is C38H63NO30. The fourth-order valence-electron chi connectivity index (χ4n) is 8.73. The summed E-state index contributed by atoms with van der Waals surface area (Å²) in [6.07, 6.45) is -57.5. The van der Waals surface area contributed by atoms with Crippen LogP contribution >= 0.6 is 0 Å². The van der Waals surface area contributed by atoms with E-state index in [9.17, 15) is 96.4 Å². The summed E-state index contributed by atoms with van der Waals surface area (Å²) in [7, 11) is 0. The number of hydrogen-bond donors (Lipinski definition) is 18. The first-order valence-corrected chi connectivity index (χ1v) is 21.8. The molecule has 6 aliphatic heterocycles. The Labute approximate surface area is 390 Å². The molecular weight excluding hydrogens is 950 g/mol. The van der Waals surface area contributed by atoms with Gasteiger partial charge in [-0.1, -0.05) is 0 Å². The molecule has 0 aromatic carbocycles. The first kappa shape index (κ1) is 56.2. The van der Waals surface area contributed by atoms with Crippen molar-refractivity contribution in [3.63, 3.8) is 0 Å². The SMILES string of the molecule is CC(=O)N[C@@H]1[C@@H](O[C@@H]2O[C@H](CO)[C@H](O)[C@H](O[C@@H]3O[C@H](CO)[C@H](O)[C@H](O[C@@H]4O[C@H](C(=O)O)[C@@H](O)[C@H](O)[C@H]4O[C@@H]4O[C@@H](C)[C@@H](O)[C@@H](O)[C@@H]4O)[C@H]3O)[C@H]2O[C@@H]2O[C@@H](C)[C@@H](O)[C@@H](O)[C@@H]2O)[C@@H](O)[C@@H](CO)O[C@@H]1O. The van der Waals surface area contributed by atoms with Crippen molar-refractivity contribution in [3.8, 4) is 0 Å². The Morgan fingerprint density at radius 1 is 0.420 bits per heavy atom. The van der Waals surface area contributed by atoms with E-state index < -0.39 is 216 Å². The molecule has 31 nitrogen and oxygen atoms in total. The molecule has 18 N–H and O–H groups in total. The average Bonchev–Trinajstić information content (AvgIpc) is 3.30. The third-order valence-electron chi connectivity index (χ3n) is 12.7. The van der Waals surface area contributed by atoms with Gasteiger partial charge in [-0.3, -0.25) is 4.79 Å². The van der Waals surface area contributed by atoms with Gasteiger partial charge < -0.3 is 144 Å². The standard InChI is InChI=1S/C38H63NO30/c1-7-14(44)19(49)23(53)34(59-7)68-30-22(52)21(51)29(32(56)57)67-37(30)65-27-17(47)11(5-41)62-36(25(27)55)66-28-18(48)12(6-42)63-38(31(28)69-35-24(54)20(50)15(45)8(2)60-35)64-26-13(39-9(3)43)33(58)61-10(4-40)16(26)46/h7-8,10-31,33-38,40-42,44-55,58H,4-6H2,1-3H3,(H,39,43)(H,56,57)/t7-,8-,10+,11+,12+,13+,14+,15+,16-,17-,18-,19+,20+,21-,22-,23-,24-,25+,26+,27-,28-,29-,30+,31+,33-,34-,35-,36-,37+,38-/m0/s1. The van der Waals surface area contributed by atoms with Crippen molar-refractivity contribution in [2.75, 3.05) is 19.8 Å². The van der Waals surface area contributed by atoms with Crippen LogP contribution in [0.15, 0.2) is 0 Å². The third-order valence-corrected chi connectivity index (χ3v) is 12.7. The van der Waals surface area contributed by atoms with Crippen molar-refractivity contribution in [2.24, 2.45) is 0 Å². The lowest BCUT2D eigenvalue weighted by Gasteiger charge is -2.51. The number of carboxylic acids is 1. The average molecular weight is 1010 g/mol. The Morgan fingerprint density at radius 3 is 1.33 bits per heavy atom. The summed E-state index contributed by atoms with van der Waals surface area (Å²) in [5.74, 6) is -2.66. The van der Waals surface area contributed by atoms with Gasteiger partial charge in [-0.25, -0.2) is 4.79 Å². The monoisotopic (exact) mass is 1010 g/mol. The molecule has 30 atom stereocenters. The summed E-state index contributed by atoms with van der Waals surface area (Å²) >= 11 is 0. The van der Waals surface area contributed by atoms with Crippen LogP contribution < -0.4 is 5.32 Å². The van der Waals surface area contributed by atoms with Gasteiger partial charge in [0.1, 0.15) is 128 Å². The number of aliphatic hydroxyl groups is 16. The van der Waals surface area contributed by atoms with E-state index in [1.54, 1.807) is 0 Å². The molecule has 0 aromatic heterocycles. The topological polar surface area (TPSA) is 492 Å². The number of nitrogens with one attached hydrogen (secondary N) is 1.